The lowest BCUT2D eigenvalue weighted by molar-refractivity contribution is -0.123. The number of para-hydroxylation sites is 1. The molecule has 0 aliphatic rings. The summed E-state index contributed by atoms with van der Waals surface area (Å²) in [4.78, 5) is 34.7. The highest BCUT2D eigenvalue weighted by Gasteiger charge is 2.20. The van der Waals surface area contributed by atoms with E-state index in [4.69, 9.17) is 9.15 Å². The number of urea groups is 1. The van der Waals surface area contributed by atoms with Gasteiger partial charge in [-0.05, 0) is 13.0 Å². The molecule has 0 unspecified atom stereocenters. The minimum absolute atomic E-state index is 0.0371. The number of ether oxygens (including phenoxy) is 1. The van der Waals surface area contributed by atoms with Gasteiger partial charge >= 0.3 is 12.0 Å². The van der Waals surface area contributed by atoms with Crippen molar-refractivity contribution in [2.75, 3.05) is 13.2 Å². The summed E-state index contributed by atoms with van der Waals surface area (Å²) in [6.07, 6.45) is 1.47. The Labute approximate surface area is 132 Å². The molecule has 0 spiro atoms. The molecular weight excluding hydrogens is 300 g/mol. The zero-order chi connectivity index (χ0) is 16.8. The zero-order valence-corrected chi connectivity index (χ0v) is 12.5. The molecule has 0 radical (unpaired) electrons. The first-order chi connectivity index (χ1) is 11.0. The van der Waals surface area contributed by atoms with E-state index in [-0.39, 0.29) is 12.3 Å². The Kier molecular flexibility index (Phi) is 5.14. The minimum atomic E-state index is -0.764. The number of rotatable bonds is 5. The van der Waals surface area contributed by atoms with E-state index in [1.165, 1.54) is 6.08 Å². The second kappa shape index (κ2) is 7.26. The van der Waals surface area contributed by atoms with Crippen LogP contribution in [0.5, 0.6) is 0 Å². The standard InChI is InChI=1S/C16H16N2O5/c1-3-8-17-16(21)18-13(19)9-22-15(20)14-10(2)11-6-4-5-7-12(11)23-14/h3-7H,1,8-9H2,2H3,(H2,17,18,19,21). The van der Waals surface area contributed by atoms with Gasteiger partial charge in [0.2, 0.25) is 5.76 Å². The van der Waals surface area contributed by atoms with E-state index in [0.717, 1.165) is 5.39 Å². The van der Waals surface area contributed by atoms with E-state index < -0.39 is 24.5 Å². The number of benzene rings is 1. The van der Waals surface area contributed by atoms with Crippen molar-refractivity contribution < 1.29 is 23.5 Å². The normalized spacial score (nSPS) is 10.1. The van der Waals surface area contributed by atoms with Crippen molar-refractivity contribution >= 4 is 28.9 Å². The Morgan fingerprint density at radius 2 is 2.04 bits per heavy atom. The summed E-state index contributed by atoms with van der Waals surface area (Å²) in [6.45, 7) is 4.78. The Morgan fingerprint density at radius 1 is 1.30 bits per heavy atom. The number of furan rings is 1. The SMILES string of the molecule is C=CCNC(=O)NC(=O)COC(=O)c1oc2ccccc2c1C. The monoisotopic (exact) mass is 316 g/mol. The molecule has 0 saturated heterocycles. The van der Waals surface area contributed by atoms with Gasteiger partial charge < -0.3 is 14.5 Å². The summed E-state index contributed by atoms with van der Waals surface area (Å²) in [6, 6.07) is 6.48. The van der Waals surface area contributed by atoms with E-state index in [9.17, 15) is 14.4 Å². The van der Waals surface area contributed by atoms with Gasteiger partial charge in [-0.15, -0.1) is 6.58 Å². The lowest BCUT2D eigenvalue weighted by Crippen LogP contribution is -2.41. The zero-order valence-electron chi connectivity index (χ0n) is 12.5. The number of aryl methyl sites for hydroxylation is 1. The van der Waals surface area contributed by atoms with Crippen molar-refractivity contribution in [3.05, 3.63) is 48.2 Å². The van der Waals surface area contributed by atoms with Gasteiger partial charge in [0.15, 0.2) is 6.61 Å². The summed E-state index contributed by atoms with van der Waals surface area (Å²) in [7, 11) is 0. The molecule has 120 valence electrons. The van der Waals surface area contributed by atoms with Crippen molar-refractivity contribution in [3.63, 3.8) is 0 Å². The third-order valence-corrected chi connectivity index (χ3v) is 3.02. The molecule has 0 fully saturated rings. The Morgan fingerprint density at radius 3 is 2.74 bits per heavy atom. The molecular formula is C16H16N2O5. The Hall–Kier alpha value is -3.09. The molecule has 0 bridgehead atoms. The van der Waals surface area contributed by atoms with E-state index >= 15 is 0 Å². The first kappa shape index (κ1) is 16.3. The molecule has 0 saturated carbocycles. The van der Waals surface area contributed by atoms with Crippen molar-refractivity contribution in [1.82, 2.24) is 10.6 Å². The van der Waals surface area contributed by atoms with Crippen molar-refractivity contribution in [2.45, 2.75) is 6.92 Å². The van der Waals surface area contributed by atoms with Gasteiger partial charge in [0.1, 0.15) is 5.58 Å². The van der Waals surface area contributed by atoms with E-state index in [2.05, 4.69) is 11.9 Å². The summed E-state index contributed by atoms with van der Waals surface area (Å²) >= 11 is 0. The van der Waals surface area contributed by atoms with Crippen LogP contribution < -0.4 is 10.6 Å². The van der Waals surface area contributed by atoms with Crippen molar-refractivity contribution in [2.24, 2.45) is 0 Å². The summed E-state index contributed by atoms with van der Waals surface area (Å²) < 4.78 is 10.3. The smallest absolute Gasteiger partial charge is 0.375 e. The predicted octanol–water partition coefficient (Wildman–Crippen LogP) is 1.91. The maximum absolute atomic E-state index is 12.0. The lowest BCUT2D eigenvalue weighted by atomic mass is 10.1. The highest BCUT2D eigenvalue weighted by atomic mass is 16.5. The van der Waals surface area contributed by atoms with Crippen LogP contribution >= 0.6 is 0 Å². The van der Waals surface area contributed by atoms with Gasteiger partial charge in [-0.2, -0.15) is 0 Å². The average Bonchev–Trinajstić information content (AvgIpc) is 2.88. The first-order valence-corrected chi connectivity index (χ1v) is 6.86. The topological polar surface area (TPSA) is 97.6 Å². The fraction of sp³-hybridized carbons (Fsp3) is 0.188. The molecule has 7 heteroatoms. The second-order valence-corrected chi connectivity index (χ2v) is 4.68. The number of carbonyl (C=O) groups excluding carboxylic acids is 3. The first-order valence-electron chi connectivity index (χ1n) is 6.86. The molecule has 7 nitrogen and oxygen atoms in total. The van der Waals surface area contributed by atoms with Gasteiger partial charge in [-0.25, -0.2) is 9.59 Å². The number of carbonyl (C=O) groups is 3. The summed E-state index contributed by atoms with van der Waals surface area (Å²) in [5.74, 6) is -1.47. The molecule has 0 atom stereocenters. The summed E-state index contributed by atoms with van der Waals surface area (Å²) in [5.41, 5.74) is 1.19. The van der Waals surface area contributed by atoms with E-state index in [1.54, 1.807) is 19.1 Å². The fourth-order valence-corrected chi connectivity index (χ4v) is 1.94. The molecule has 23 heavy (non-hydrogen) atoms. The maximum atomic E-state index is 12.0. The number of imide groups is 1. The van der Waals surface area contributed by atoms with Crippen LogP contribution in [0.25, 0.3) is 11.0 Å². The molecule has 2 rings (SSSR count). The van der Waals surface area contributed by atoms with Crippen LogP contribution in [-0.2, 0) is 9.53 Å². The van der Waals surface area contributed by atoms with Gasteiger partial charge in [-0.1, -0.05) is 24.3 Å². The van der Waals surface area contributed by atoms with Crippen LogP contribution in [0.2, 0.25) is 0 Å². The molecule has 2 N–H and O–H groups in total. The largest absolute Gasteiger partial charge is 0.450 e. The molecule has 3 amide bonds. The molecule has 0 aliphatic carbocycles. The van der Waals surface area contributed by atoms with Gasteiger partial charge in [0, 0.05) is 17.5 Å². The Balaban J connectivity index is 1.93. The van der Waals surface area contributed by atoms with Crippen LogP contribution in [0.4, 0.5) is 4.79 Å². The number of hydrogen-bond donors (Lipinski definition) is 2. The minimum Gasteiger partial charge on any atom is -0.450 e. The fourth-order valence-electron chi connectivity index (χ4n) is 1.94. The molecule has 1 aromatic carbocycles. The third kappa shape index (κ3) is 3.97. The van der Waals surface area contributed by atoms with Crippen LogP contribution in [0.3, 0.4) is 0 Å². The molecule has 1 heterocycles. The van der Waals surface area contributed by atoms with Crippen molar-refractivity contribution in [3.8, 4) is 0 Å². The maximum Gasteiger partial charge on any atom is 0.375 e. The van der Waals surface area contributed by atoms with Gasteiger partial charge in [0.05, 0.1) is 0 Å². The van der Waals surface area contributed by atoms with Crippen LogP contribution in [0, 0.1) is 6.92 Å². The molecule has 0 aliphatic heterocycles. The number of hydrogen-bond acceptors (Lipinski definition) is 5. The second-order valence-electron chi connectivity index (χ2n) is 4.68. The van der Waals surface area contributed by atoms with Gasteiger partial charge in [-0.3, -0.25) is 10.1 Å². The summed E-state index contributed by atoms with van der Waals surface area (Å²) in [5, 5.41) is 5.18. The lowest BCUT2D eigenvalue weighted by Gasteiger charge is -2.05. The quantitative estimate of drug-likeness (QED) is 0.648. The van der Waals surface area contributed by atoms with Crippen LogP contribution in [0.1, 0.15) is 16.1 Å². The third-order valence-electron chi connectivity index (χ3n) is 3.02. The Bertz CT molecular complexity index is 763. The number of fused-ring (bicyclic) bond motifs is 1. The number of nitrogens with one attached hydrogen (secondary N) is 2. The van der Waals surface area contributed by atoms with Gasteiger partial charge in [0.25, 0.3) is 5.91 Å². The molecule has 1 aromatic heterocycles. The number of esters is 1. The predicted molar refractivity (Wildman–Crippen MR) is 83.0 cm³/mol. The average molecular weight is 316 g/mol. The van der Waals surface area contributed by atoms with Crippen LogP contribution in [-0.4, -0.2) is 31.1 Å². The highest BCUT2D eigenvalue weighted by Crippen LogP contribution is 2.25. The van der Waals surface area contributed by atoms with E-state index in [1.807, 2.05) is 17.4 Å². The number of amides is 3. The van der Waals surface area contributed by atoms with Crippen molar-refractivity contribution in [1.29, 1.82) is 0 Å². The van der Waals surface area contributed by atoms with E-state index in [0.29, 0.717) is 11.1 Å². The van der Waals surface area contributed by atoms with Crippen LogP contribution in [0.15, 0.2) is 41.3 Å². The molecule has 2 aromatic rings. The highest BCUT2D eigenvalue weighted by molar-refractivity contribution is 5.98.